The van der Waals surface area contributed by atoms with E-state index < -0.39 is 0 Å². The van der Waals surface area contributed by atoms with E-state index in [1.165, 1.54) is 31.2 Å². The molecule has 1 aromatic carbocycles. The van der Waals surface area contributed by atoms with Crippen molar-refractivity contribution >= 4 is 0 Å². The molecule has 3 rings (SSSR count). The highest BCUT2D eigenvalue weighted by molar-refractivity contribution is 5.24. The van der Waals surface area contributed by atoms with Crippen molar-refractivity contribution in [3.05, 3.63) is 35.9 Å². The molecule has 116 valence electrons. The molecule has 21 heavy (non-hydrogen) atoms. The standard InChI is InChI=1S/C18H28N2O/c1-18(16-7-3-2-4-8-16)15-20(12-11-19-18)13-14-21-17-9-5-6-10-17/h2-4,7-8,17,19H,5-6,9-15H2,1H3. The zero-order valence-electron chi connectivity index (χ0n) is 13.2. The van der Waals surface area contributed by atoms with Crippen molar-refractivity contribution in [3.63, 3.8) is 0 Å². The molecule has 1 unspecified atom stereocenters. The van der Waals surface area contributed by atoms with E-state index in [0.717, 1.165) is 32.8 Å². The van der Waals surface area contributed by atoms with Gasteiger partial charge in [-0.15, -0.1) is 0 Å². The Balaban J connectivity index is 1.50. The number of nitrogens with zero attached hydrogens (tertiary/aromatic N) is 1. The minimum Gasteiger partial charge on any atom is -0.377 e. The van der Waals surface area contributed by atoms with E-state index in [1.807, 2.05) is 0 Å². The summed E-state index contributed by atoms with van der Waals surface area (Å²) in [5.74, 6) is 0. The van der Waals surface area contributed by atoms with Crippen molar-refractivity contribution in [1.29, 1.82) is 0 Å². The van der Waals surface area contributed by atoms with Crippen LogP contribution in [0.1, 0.15) is 38.2 Å². The lowest BCUT2D eigenvalue weighted by molar-refractivity contribution is 0.0302. The Labute approximate surface area is 128 Å². The number of nitrogens with one attached hydrogen (secondary N) is 1. The van der Waals surface area contributed by atoms with Gasteiger partial charge in [0.05, 0.1) is 18.2 Å². The van der Waals surface area contributed by atoms with Crippen LogP contribution in [0.4, 0.5) is 0 Å². The first-order chi connectivity index (χ1) is 10.3. The fraction of sp³-hybridized carbons (Fsp3) is 0.667. The van der Waals surface area contributed by atoms with Gasteiger partial charge in [0.2, 0.25) is 0 Å². The number of ether oxygens (including phenoxy) is 1. The van der Waals surface area contributed by atoms with Crippen molar-refractivity contribution in [2.45, 2.75) is 44.2 Å². The highest BCUT2D eigenvalue weighted by Gasteiger charge is 2.31. The summed E-state index contributed by atoms with van der Waals surface area (Å²) in [5.41, 5.74) is 1.44. The minimum absolute atomic E-state index is 0.0624. The molecule has 1 heterocycles. The Hall–Kier alpha value is -0.900. The molecule has 1 aromatic rings. The number of benzene rings is 1. The van der Waals surface area contributed by atoms with Crippen molar-refractivity contribution in [1.82, 2.24) is 10.2 Å². The monoisotopic (exact) mass is 288 g/mol. The summed E-state index contributed by atoms with van der Waals surface area (Å²) in [7, 11) is 0. The van der Waals surface area contributed by atoms with Gasteiger partial charge in [-0.3, -0.25) is 4.90 Å². The van der Waals surface area contributed by atoms with E-state index in [0.29, 0.717) is 6.10 Å². The molecule has 2 fully saturated rings. The number of hydrogen-bond acceptors (Lipinski definition) is 3. The molecule has 0 radical (unpaired) electrons. The Morgan fingerprint density at radius 3 is 2.76 bits per heavy atom. The molecular weight excluding hydrogens is 260 g/mol. The number of hydrogen-bond donors (Lipinski definition) is 1. The molecule has 3 nitrogen and oxygen atoms in total. The SMILES string of the molecule is CC1(c2ccccc2)CN(CCOC2CCCC2)CCN1. The third kappa shape index (κ3) is 3.85. The molecule has 2 aliphatic rings. The summed E-state index contributed by atoms with van der Waals surface area (Å²) in [4.78, 5) is 2.54. The average molecular weight is 288 g/mol. The van der Waals surface area contributed by atoms with Crippen LogP contribution in [0.3, 0.4) is 0 Å². The van der Waals surface area contributed by atoms with Gasteiger partial charge in [-0.2, -0.15) is 0 Å². The van der Waals surface area contributed by atoms with E-state index in [-0.39, 0.29) is 5.54 Å². The second kappa shape index (κ2) is 6.91. The van der Waals surface area contributed by atoms with Crippen LogP contribution in [0, 0.1) is 0 Å². The van der Waals surface area contributed by atoms with E-state index in [2.05, 4.69) is 47.5 Å². The average Bonchev–Trinajstić information content (AvgIpc) is 3.02. The first kappa shape index (κ1) is 15.0. The van der Waals surface area contributed by atoms with Gasteiger partial charge in [0, 0.05) is 26.2 Å². The number of rotatable bonds is 5. The van der Waals surface area contributed by atoms with E-state index in [9.17, 15) is 0 Å². The van der Waals surface area contributed by atoms with Crippen LogP contribution in [0.5, 0.6) is 0 Å². The smallest absolute Gasteiger partial charge is 0.0597 e. The first-order valence-electron chi connectivity index (χ1n) is 8.41. The maximum atomic E-state index is 6.02. The van der Waals surface area contributed by atoms with Crippen LogP contribution in [-0.4, -0.2) is 43.8 Å². The first-order valence-corrected chi connectivity index (χ1v) is 8.41. The summed E-state index contributed by atoms with van der Waals surface area (Å²) in [6, 6.07) is 10.8. The van der Waals surface area contributed by atoms with Crippen molar-refractivity contribution in [2.24, 2.45) is 0 Å². The quantitative estimate of drug-likeness (QED) is 0.901. The lowest BCUT2D eigenvalue weighted by Crippen LogP contribution is -2.57. The lowest BCUT2D eigenvalue weighted by Gasteiger charge is -2.42. The van der Waals surface area contributed by atoms with E-state index in [1.54, 1.807) is 0 Å². The molecule has 1 aliphatic carbocycles. The highest BCUT2D eigenvalue weighted by atomic mass is 16.5. The Morgan fingerprint density at radius 1 is 1.24 bits per heavy atom. The summed E-state index contributed by atoms with van der Waals surface area (Å²) in [6.07, 6.45) is 5.77. The molecule has 1 N–H and O–H groups in total. The van der Waals surface area contributed by atoms with Gasteiger partial charge in [-0.05, 0) is 25.3 Å². The molecule has 0 bridgehead atoms. The zero-order chi connectivity index (χ0) is 14.5. The summed E-state index contributed by atoms with van der Waals surface area (Å²) in [5, 5.41) is 3.69. The van der Waals surface area contributed by atoms with Gasteiger partial charge in [0.25, 0.3) is 0 Å². The molecule has 0 aromatic heterocycles. The minimum atomic E-state index is 0.0624. The van der Waals surface area contributed by atoms with Crippen LogP contribution < -0.4 is 5.32 Å². The van der Waals surface area contributed by atoms with Crippen LogP contribution in [0.25, 0.3) is 0 Å². The Morgan fingerprint density at radius 2 is 2.00 bits per heavy atom. The maximum Gasteiger partial charge on any atom is 0.0597 e. The molecule has 1 saturated heterocycles. The van der Waals surface area contributed by atoms with Crippen LogP contribution in [0.2, 0.25) is 0 Å². The fourth-order valence-corrected chi connectivity index (χ4v) is 3.67. The molecule has 0 spiro atoms. The van der Waals surface area contributed by atoms with Gasteiger partial charge in [0.15, 0.2) is 0 Å². The van der Waals surface area contributed by atoms with Crippen molar-refractivity contribution in [3.8, 4) is 0 Å². The van der Waals surface area contributed by atoms with Gasteiger partial charge in [0.1, 0.15) is 0 Å². The molecule has 1 atom stereocenters. The normalized spacial score (nSPS) is 28.0. The van der Waals surface area contributed by atoms with Crippen LogP contribution >= 0.6 is 0 Å². The maximum absolute atomic E-state index is 6.02. The fourth-order valence-electron chi connectivity index (χ4n) is 3.67. The Bertz CT molecular complexity index is 430. The van der Waals surface area contributed by atoms with Crippen LogP contribution in [0.15, 0.2) is 30.3 Å². The molecule has 3 heteroatoms. The van der Waals surface area contributed by atoms with E-state index in [4.69, 9.17) is 4.74 Å². The van der Waals surface area contributed by atoms with Gasteiger partial charge >= 0.3 is 0 Å². The van der Waals surface area contributed by atoms with Gasteiger partial charge < -0.3 is 10.1 Å². The highest BCUT2D eigenvalue weighted by Crippen LogP contribution is 2.24. The third-order valence-corrected chi connectivity index (χ3v) is 4.96. The lowest BCUT2D eigenvalue weighted by atomic mass is 9.90. The molecule has 1 aliphatic heterocycles. The summed E-state index contributed by atoms with van der Waals surface area (Å²) in [6.45, 7) is 7.48. The molecular formula is C18H28N2O. The largest absolute Gasteiger partial charge is 0.377 e. The van der Waals surface area contributed by atoms with Crippen LogP contribution in [-0.2, 0) is 10.3 Å². The Kier molecular flexibility index (Phi) is 4.94. The topological polar surface area (TPSA) is 24.5 Å². The second-order valence-corrected chi connectivity index (χ2v) is 6.68. The summed E-state index contributed by atoms with van der Waals surface area (Å²) < 4.78 is 6.02. The van der Waals surface area contributed by atoms with E-state index >= 15 is 0 Å². The van der Waals surface area contributed by atoms with Crippen molar-refractivity contribution < 1.29 is 4.74 Å². The zero-order valence-corrected chi connectivity index (χ0v) is 13.2. The number of piperazine rings is 1. The third-order valence-electron chi connectivity index (χ3n) is 4.96. The molecule has 0 amide bonds. The van der Waals surface area contributed by atoms with Crippen molar-refractivity contribution in [2.75, 3.05) is 32.8 Å². The predicted octanol–water partition coefficient (Wildman–Crippen LogP) is 2.77. The van der Waals surface area contributed by atoms with Gasteiger partial charge in [-0.1, -0.05) is 43.2 Å². The second-order valence-electron chi connectivity index (χ2n) is 6.68. The summed E-state index contributed by atoms with van der Waals surface area (Å²) >= 11 is 0. The molecule has 1 saturated carbocycles. The predicted molar refractivity (Wildman–Crippen MR) is 86.4 cm³/mol. The van der Waals surface area contributed by atoms with Gasteiger partial charge in [-0.25, -0.2) is 0 Å².